The fourth-order valence-corrected chi connectivity index (χ4v) is 2.40. The van der Waals surface area contributed by atoms with Crippen molar-refractivity contribution in [1.29, 1.82) is 0 Å². The van der Waals surface area contributed by atoms with Gasteiger partial charge >= 0.3 is 0 Å². The number of hydrogen-bond acceptors (Lipinski definition) is 4. The third-order valence-corrected chi connectivity index (χ3v) is 3.73. The van der Waals surface area contributed by atoms with Gasteiger partial charge in [0.2, 0.25) is 0 Å². The van der Waals surface area contributed by atoms with Gasteiger partial charge in [-0.15, -0.1) is 12.4 Å². The van der Waals surface area contributed by atoms with Crippen molar-refractivity contribution >= 4 is 29.9 Å². The van der Waals surface area contributed by atoms with Gasteiger partial charge in [0.15, 0.2) is 6.61 Å². The van der Waals surface area contributed by atoms with E-state index in [1.807, 2.05) is 0 Å². The predicted molar refractivity (Wildman–Crippen MR) is 91.1 cm³/mol. The predicted octanol–water partition coefficient (Wildman–Crippen LogP) is 1.69. The van der Waals surface area contributed by atoms with Crippen LogP contribution >= 0.6 is 24.0 Å². The van der Waals surface area contributed by atoms with E-state index in [0.29, 0.717) is 12.3 Å². The molecule has 1 aromatic rings. The topological polar surface area (TPSA) is 53.6 Å². The van der Waals surface area contributed by atoms with Crippen LogP contribution in [-0.2, 0) is 4.79 Å². The van der Waals surface area contributed by atoms with Crippen LogP contribution in [0.15, 0.2) is 18.2 Å². The first-order valence-electron chi connectivity index (χ1n) is 7.43. The zero-order valence-corrected chi connectivity index (χ0v) is 14.4. The molecule has 2 rings (SSSR count). The minimum Gasteiger partial charge on any atom is -0.484 e. The molecule has 0 saturated carbocycles. The molecule has 130 valence electrons. The molecule has 1 saturated heterocycles. The molecule has 1 heterocycles. The lowest BCUT2D eigenvalue weighted by Crippen LogP contribution is -2.44. The van der Waals surface area contributed by atoms with E-state index in [9.17, 15) is 9.18 Å². The maximum Gasteiger partial charge on any atom is 0.257 e. The van der Waals surface area contributed by atoms with Gasteiger partial charge in [-0.3, -0.25) is 4.79 Å². The van der Waals surface area contributed by atoms with Crippen LogP contribution in [0.1, 0.15) is 6.42 Å². The van der Waals surface area contributed by atoms with Crippen molar-refractivity contribution < 1.29 is 13.9 Å². The van der Waals surface area contributed by atoms with E-state index in [4.69, 9.17) is 16.3 Å². The molecule has 0 bridgehead atoms. The van der Waals surface area contributed by atoms with Gasteiger partial charge in [-0.1, -0.05) is 11.6 Å². The number of piperazine rings is 1. The Kier molecular flexibility index (Phi) is 9.24. The molecule has 0 unspecified atom stereocenters. The van der Waals surface area contributed by atoms with Gasteiger partial charge in [0.1, 0.15) is 11.6 Å². The Labute approximate surface area is 146 Å². The summed E-state index contributed by atoms with van der Waals surface area (Å²) in [5.74, 6) is -0.325. The third kappa shape index (κ3) is 7.35. The molecule has 8 heteroatoms. The highest BCUT2D eigenvalue weighted by Gasteiger charge is 2.09. The van der Waals surface area contributed by atoms with E-state index < -0.39 is 5.82 Å². The lowest BCUT2D eigenvalue weighted by atomic mass is 10.3. The summed E-state index contributed by atoms with van der Waals surface area (Å²) < 4.78 is 18.3. The normalized spacial score (nSPS) is 14.9. The van der Waals surface area contributed by atoms with Crippen molar-refractivity contribution in [3.8, 4) is 5.75 Å². The van der Waals surface area contributed by atoms with Crippen molar-refractivity contribution in [2.24, 2.45) is 0 Å². The van der Waals surface area contributed by atoms with Crippen LogP contribution in [0.25, 0.3) is 0 Å². The Balaban J connectivity index is 0.00000264. The highest BCUT2D eigenvalue weighted by Crippen LogP contribution is 2.20. The molecule has 1 aromatic carbocycles. The standard InChI is InChI=1S/C15H21ClFN3O2.ClH/c16-13-10-12(2-3-14(13)17)22-11-15(21)19-4-1-7-20-8-5-18-6-9-20;/h2-3,10,18H,1,4-9,11H2,(H,19,21);1H. The molecule has 0 aliphatic carbocycles. The van der Waals surface area contributed by atoms with E-state index in [1.54, 1.807) is 0 Å². The average Bonchev–Trinajstić information content (AvgIpc) is 2.54. The van der Waals surface area contributed by atoms with Crippen molar-refractivity contribution in [1.82, 2.24) is 15.5 Å². The van der Waals surface area contributed by atoms with E-state index in [-0.39, 0.29) is 29.9 Å². The quantitative estimate of drug-likeness (QED) is 0.722. The number of rotatable bonds is 7. The van der Waals surface area contributed by atoms with Crippen LogP contribution in [0.2, 0.25) is 5.02 Å². The Morgan fingerprint density at radius 2 is 2.13 bits per heavy atom. The number of hydrogen-bond donors (Lipinski definition) is 2. The van der Waals surface area contributed by atoms with E-state index in [1.165, 1.54) is 18.2 Å². The Morgan fingerprint density at radius 1 is 1.39 bits per heavy atom. The van der Waals surface area contributed by atoms with Crippen LogP contribution < -0.4 is 15.4 Å². The molecular weight excluding hydrogens is 344 g/mol. The number of amides is 1. The Hall–Kier alpha value is -1.08. The number of halogens is 3. The molecule has 1 fully saturated rings. The maximum atomic E-state index is 13.0. The summed E-state index contributed by atoms with van der Waals surface area (Å²) in [6, 6.07) is 4.01. The summed E-state index contributed by atoms with van der Waals surface area (Å²) in [6.45, 7) is 5.67. The number of nitrogens with one attached hydrogen (secondary N) is 2. The lowest BCUT2D eigenvalue weighted by molar-refractivity contribution is -0.123. The molecule has 23 heavy (non-hydrogen) atoms. The minimum atomic E-state index is -0.508. The molecule has 0 aromatic heterocycles. The van der Waals surface area contributed by atoms with Gasteiger partial charge in [0.25, 0.3) is 5.91 Å². The van der Waals surface area contributed by atoms with Gasteiger partial charge in [-0.25, -0.2) is 4.39 Å². The number of carbonyl (C=O) groups excluding carboxylic acids is 1. The summed E-state index contributed by atoms with van der Waals surface area (Å²) in [4.78, 5) is 14.0. The fourth-order valence-electron chi connectivity index (χ4n) is 2.23. The largest absolute Gasteiger partial charge is 0.484 e. The van der Waals surface area contributed by atoms with Crippen LogP contribution in [-0.4, -0.2) is 56.7 Å². The Bertz CT molecular complexity index is 500. The second-order valence-electron chi connectivity index (χ2n) is 5.16. The summed E-state index contributed by atoms with van der Waals surface area (Å²) in [6.07, 6.45) is 0.911. The zero-order valence-electron chi connectivity index (χ0n) is 12.8. The van der Waals surface area contributed by atoms with E-state index in [0.717, 1.165) is 39.1 Å². The second kappa shape index (κ2) is 10.6. The zero-order chi connectivity index (χ0) is 15.8. The van der Waals surface area contributed by atoms with Crippen LogP contribution in [0, 0.1) is 5.82 Å². The smallest absolute Gasteiger partial charge is 0.257 e. The van der Waals surface area contributed by atoms with Crippen molar-refractivity contribution in [2.45, 2.75) is 6.42 Å². The maximum absolute atomic E-state index is 13.0. The molecule has 1 amide bonds. The van der Waals surface area contributed by atoms with Gasteiger partial charge in [-0.2, -0.15) is 0 Å². The number of benzene rings is 1. The van der Waals surface area contributed by atoms with Crippen LogP contribution in [0.4, 0.5) is 4.39 Å². The number of carbonyl (C=O) groups is 1. The SMILES string of the molecule is Cl.O=C(COc1ccc(F)c(Cl)c1)NCCCN1CCNCC1. The fraction of sp³-hybridized carbons (Fsp3) is 0.533. The third-order valence-electron chi connectivity index (χ3n) is 3.44. The van der Waals surface area contributed by atoms with Crippen molar-refractivity contribution in [2.75, 3.05) is 45.9 Å². The average molecular weight is 366 g/mol. The monoisotopic (exact) mass is 365 g/mol. The molecule has 1 aliphatic rings. The number of nitrogens with zero attached hydrogens (tertiary/aromatic N) is 1. The van der Waals surface area contributed by atoms with Crippen molar-refractivity contribution in [3.63, 3.8) is 0 Å². The summed E-state index contributed by atoms with van der Waals surface area (Å²) in [5, 5.41) is 6.09. The first kappa shape index (κ1) is 20.0. The highest BCUT2D eigenvalue weighted by molar-refractivity contribution is 6.30. The lowest BCUT2D eigenvalue weighted by Gasteiger charge is -2.27. The first-order valence-corrected chi connectivity index (χ1v) is 7.80. The van der Waals surface area contributed by atoms with Gasteiger partial charge < -0.3 is 20.3 Å². The molecule has 0 spiro atoms. The van der Waals surface area contributed by atoms with E-state index in [2.05, 4.69) is 15.5 Å². The van der Waals surface area contributed by atoms with Gasteiger partial charge in [0, 0.05) is 38.8 Å². The molecular formula is C15H22Cl2FN3O2. The van der Waals surface area contributed by atoms with Crippen molar-refractivity contribution in [3.05, 3.63) is 29.0 Å². The Morgan fingerprint density at radius 3 is 2.83 bits per heavy atom. The van der Waals surface area contributed by atoms with Gasteiger partial charge in [0.05, 0.1) is 5.02 Å². The second-order valence-corrected chi connectivity index (χ2v) is 5.57. The van der Waals surface area contributed by atoms with Crippen LogP contribution in [0.3, 0.4) is 0 Å². The highest BCUT2D eigenvalue weighted by atomic mass is 35.5. The molecule has 0 radical (unpaired) electrons. The molecule has 0 atom stereocenters. The molecule has 2 N–H and O–H groups in total. The molecule has 5 nitrogen and oxygen atoms in total. The number of ether oxygens (including phenoxy) is 1. The summed E-state index contributed by atoms with van der Waals surface area (Å²) >= 11 is 5.64. The summed E-state index contributed by atoms with van der Waals surface area (Å²) in [7, 11) is 0. The van der Waals surface area contributed by atoms with Crippen LogP contribution in [0.5, 0.6) is 5.75 Å². The minimum absolute atomic E-state index is 0. The van der Waals surface area contributed by atoms with Gasteiger partial charge in [-0.05, 0) is 25.1 Å². The molecule has 1 aliphatic heterocycles. The first-order chi connectivity index (χ1) is 10.6. The van der Waals surface area contributed by atoms with E-state index >= 15 is 0 Å². The summed E-state index contributed by atoms with van der Waals surface area (Å²) in [5.41, 5.74) is 0.